The van der Waals surface area contributed by atoms with Crippen LogP contribution in [0.1, 0.15) is 0 Å². The van der Waals surface area contributed by atoms with Gasteiger partial charge in [-0.1, -0.05) is 0 Å². The Morgan fingerprint density at radius 2 is 2.35 bits per heavy atom. The number of carboxylic acids is 1. The van der Waals surface area contributed by atoms with Gasteiger partial charge in [0.05, 0.1) is 0 Å². The van der Waals surface area contributed by atoms with Gasteiger partial charge in [-0.2, -0.15) is 4.31 Å². The van der Waals surface area contributed by atoms with Gasteiger partial charge in [-0.05, 0) is 0 Å². The second-order valence-corrected chi connectivity index (χ2v) is 6.47. The van der Waals surface area contributed by atoms with Gasteiger partial charge in [-0.3, -0.25) is 0 Å². The van der Waals surface area contributed by atoms with Crippen molar-refractivity contribution in [3.8, 4) is 0 Å². The number of imidazole rings is 1. The van der Waals surface area contributed by atoms with Crippen LogP contribution in [-0.2, 0) is 21.9 Å². The fourth-order valence-electron chi connectivity index (χ4n) is 1.60. The van der Waals surface area contributed by atoms with Crippen LogP contribution in [0.25, 0.3) is 0 Å². The Kier molecular flexibility index (Phi) is 3.15. The van der Waals surface area contributed by atoms with Crippen molar-refractivity contribution in [1.29, 1.82) is 0 Å². The van der Waals surface area contributed by atoms with Crippen molar-refractivity contribution in [2.45, 2.75) is 10.5 Å². The first-order valence-electron chi connectivity index (χ1n) is 4.78. The van der Waals surface area contributed by atoms with Crippen LogP contribution in [0.2, 0.25) is 0 Å². The molecular formula is C8H11N3O4S2. The number of nitrogens with zero attached hydrogens (tertiary/aromatic N) is 3. The van der Waals surface area contributed by atoms with Crippen LogP contribution in [0.5, 0.6) is 0 Å². The van der Waals surface area contributed by atoms with Gasteiger partial charge in [0.2, 0.25) is 5.16 Å². The molecule has 9 heteroatoms. The fraction of sp³-hybridized carbons (Fsp3) is 0.500. The molecule has 1 N–H and O–H groups in total. The lowest BCUT2D eigenvalue weighted by Gasteiger charge is -2.19. The van der Waals surface area contributed by atoms with Crippen molar-refractivity contribution < 1.29 is 18.3 Å². The Labute approximate surface area is 102 Å². The number of rotatable bonds is 3. The molecule has 0 aliphatic carbocycles. The molecule has 0 aromatic carbocycles. The molecule has 17 heavy (non-hydrogen) atoms. The third-order valence-corrected chi connectivity index (χ3v) is 5.57. The molecule has 0 radical (unpaired) electrons. The molecule has 1 atom stereocenters. The van der Waals surface area contributed by atoms with E-state index >= 15 is 0 Å². The van der Waals surface area contributed by atoms with E-state index in [1.165, 1.54) is 17.0 Å². The number of hydrogen-bond acceptors (Lipinski definition) is 5. The topological polar surface area (TPSA) is 92.5 Å². The number of thioether (sulfide) groups is 1. The Hall–Kier alpha value is -1.06. The number of carbonyl (C=O) groups is 1. The summed E-state index contributed by atoms with van der Waals surface area (Å²) in [6.45, 7) is 0.191. The highest BCUT2D eigenvalue weighted by Crippen LogP contribution is 2.29. The molecule has 1 fully saturated rings. The molecule has 1 aliphatic heterocycles. The molecule has 94 valence electrons. The van der Waals surface area contributed by atoms with Crippen LogP contribution in [-0.4, -0.2) is 51.0 Å². The summed E-state index contributed by atoms with van der Waals surface area (Å²) in [6.07, 6.45) is 2.87. The first-order valence-corrected chi connectivity index (χ1v) is 7.27. The zero-order chi connectivity index (χ0) is 12.6. The summed E-state index contributed by atoms with van der Waals surface area (Å²) >= 11 is 1.10. The summed E-state index contributed by atoms with van der Waals surface area (Å²) in [7, 11) is -2.28. The quantitative estimate of drug-likeness (QED) is 0.806. The van der Waals surface area contributed by atoms with Gasteiger partial charge in [0, 0.05) is 31.7 Å². The number of hydrogen-bond donors (Lipinski definition) is 1. The smallest absolute Gasteiger partial charge is 0.332 e. The zero-order valence-corrected chi connectivity index (χ0v) is 10.6. The molecule has 1 aliphatic rings. The lowest BCUT2D eigenvalue weighted by molar-refractivity contribution is -0.138. The molecule has 0 spiro atoms. The first kappa shape index (κ1) is 12.4. The van der Waals surface area contributed by atoms with Crippen LogP contribution in [0.3, 0.4) is 0 Å². The molecule has 1 aromatic heterocycles. The number of aryl methyl sites for hydroxylation is 1. The van der Waals surface area contributed by atoms with Crippen LogP contribution < -0.4 is 0 Å². The minimum Gasteiger partial charge on any atom is -0.479 e. The van der Waals surface area contributed by atoms with E-state index in [1.54, 1.807) is 7.05 Å². The highest BCUT2D eigenvalue weighted by atomic mass is 32.2. The van der Waals surface area contributed by atoms with E-state index in [4.69, 9.17) is 5.11 Å². The van der Waals surface area contributed by atoms with Crippen molar-refractivity contribution >= 4 is 27.8 Å². The highest BCUT2D eigenvalue weighted by Gasteiger charge is 2.41. The minimum atomic E-state index is -3.84. The molecular weight excluding hydrogens is 266 g/mol. The maximum atomic E-state index is 12.2. The van der Waals surface area contributed by atoms with Crippen molar-refractivity contribution in [3.05, 3.63) is 12.4 Å². The van der Waals surface area contributed by atoms with Gasteiger partial charge in [0.15, 0.2) is 5.37 Å². The van der Waals surface area contributed by atoms with E-state index in [2.05, 4.69) is 4.98 Å². The van der Waals surface area contributed by atoms with Crippen molar-refractivity contribution in [3.63, 3.8) is 0 Å². The minimum absolute atomic E-state index is 0.133. The van der Waals surface area contributed by atoms with E-state index in [-0.39, 0.29) is 11.7 Å². The molecule has 0 bridgehead atoms. The van der Waals surface area contributed by atoms with Crippen LogP contribution >= 0.6 is 11.8 Å². The standard InChI is InChI=1S/C8H11N3O4S2/c1-10-3-2-9-8(10)17(14,15)11-4-5-16-6(11)7(12)13/h2-3,6H,4-5H2,1H3,(H,12,13). The maximum absolute atomic E-state index is 12.2. The van der Waals surface area contributed by atoms with Crippen molar-refractivity contribution in [1.82, 2.24) is 13.9 Å². The summed E-state index contributed by atoms with van der Waals surface area (Å²) in [5, 5.41) is 7.77. The monoisotopic (exact) mass is 277 g/mol. The Morgan fingerprint density at radius 1 is 1.65 bits per heavy atom. The summed E-state index contributed by atoms with van der Waals surface area (Å²) in [4.78, 5) is 14.7. The second kappa shape index (κ2) is 4.31. The normalized spacial score (nSPS) is 21.8. The van der Waals surface area contributed by atoms with Gasteiger partial charge in [0.1, 0.15) is 0 Å². The van der Waals surface area contributed by atoms with Gasteiger partial charge < -0.3 is 9.67 Å². The van der Waals surface area contributed by atoms with E-state index < -0.39 is 21.4 Å². The van der Waals surface area contributed by atoms with Gasteiger partial charge in [-0.15, -0.1) is 11.8 Å². The number of carboxylic acid groups (broad SMARTS) is 1. The van der Waals surface area contributed by atoms with E-state index in [1.807, 2.05) is 0 Å². The average molecular weight is 277 g/mol. The summed E-state index contributed by atoms with van der Waals surface area (Å²) in [5.41, 5.74) is 0. The van der Waals surface area contributed by atoms with Crippen LogP contribution in [0, 0.1) is 0 Å². The van der Waals surface area contributed by atoms with E-state index in [0.29, 0.717) is 5.75 Å². The fourth-order valence-corrected chi connectivity index (χ4v) is 4.68. The van der Waals surface area contributed by atoms with Gasteiger partial charge in [0.25, 0.3) is 10.0 Å². The third kappa shape index (κ3) is 2.05. The van der Waals surface area contributed by atoms with Crippen LogP contribution in [0.4, 0.5) is 0 Å². The molecule has 1 saturated heterocycles. The average Bonchev–Trinajstić information content (AvgIpc) is 2.84. The lowest BCUT2D eigenvalue weighted by Crippen LogP contribution is -2.40. The van der Waals surface area contributed by atoms with E-state index in [0.717, 1.165) is 16.1 Å². The molecule has 7 nitrogen and oxygen atoms in total. The highest BCUT2D eigenvalue weighted by molar-refractivity contribution is 8.02. The van der Waals surface area contributed by atoms with Crippen LogP contribution in [0.15, 0.2) is 17.6 Å². The third-order valence-electron chi connectivity index (χ3n) is 2.38. The lowest BCUT2D eigenvalue weighted by atomic mass is 10.6. The first-order chi connectivity index (χ1) is 7.94. The van der Waals surface area contributed by atoms with Gasteiger partial charge in [-0.25, -0.2) is 18.2 Å². The number of aliphatic carboxylic acids is 1. The molecule has 1 aromatic rings. The molecule has 1 unspecified atom stereocenters. The predicted octanol–water partition coefficient (Wildman–Crippen LogP) is -0.432. The number of aromatic nitrogens is 2. The predicted molar refractivity (Wildman–Crippen MR) is 61.0 cm³/mol. The Bertz CT molecular complexity index is 539. The Balaban J connectivity index is 2.40. The second-order valence-electron chi connectivity index (χ2n) is 3.50. The number of sulfonamides is 1. The molecule has 2 heterocycles. The summed E-state index contributed by atoms with van der Waals surface area (Å²) < 4.78 is 26.7. The Morgan fingerprint density at radius 3 is 2.88 bits per heavy atom. The summed E-state index contributed by atoms with van der Waals surface area (Å²) in [5.74, 6) is -0.675. The zero-order valence-electron chi connectivity index (χ0n) is 8.98. The largest absolute Gasteiger partial charge is 0.479 e. The van der Waals surface area contributed by atoms with Crippen molar-refractivity contribution in [2.24, 2.45) is 7.05 Å². The van der Waals surface area contributed by atoms with Gasteiger partial charge >= 0.3 is 5.97 Å². The molecule has 0 saturated carbocycles. The molecule has 0 amide bonds. The molecule has 2 rings (SSSR count). The van der Waals surface area contributed by atoms with Crippen molar-refractivity contribution in [2.75, 3.05) is 12.3 Å². The van der Waals surface area contributed by atoms with E-state index in [9.17, 15) is 13.2 Å². The SMILES string of the molecule is Cn1ccnc1S(=O)(=O)N1CCSC1C(=O)O. The summed E-state index contributed by atoms with van der Waals surface area (Å²) in [6, 6.07) is 0. The maximum Gasteiger partial charge on any atom is 0.332 e.